The third-order valence-electron chi connectivity index (χ3n) is 4.34. The first-order chi connectivity index (χ1) is 11.5. The molecule has 24 heavy (non-hydrogen) atoms. The summed E-state index contributed by atoms with van der Waals surface area (Å²) in [7, 11) is 0. The average molecular weight is 327 g/mol. The van der Waals surface area contributed by atoms with Gasteiger partial charge in [-0.2, -0.15) is 5.10 Å². The summed E-state index contributed by atoms with van der Waals surface area (Å²) in [6, 6.07) is 9.48. The number of ketones is 1. The number of aromatic nitrogens is 2. The lowest BCUT2D eigenvalue weighted by Gasteiger charge is -2.32. The molecular formula is C18H21N3O3. The molecule has 0 spiro atoms. The fraction of sp³-hybridized carbons (Fsp3) is 0.389. The summed E-state index contributed by atoms with van der Waals surface area (Å²) in [6.07, 6.45) is 0. The normalized spacial score (nSPS) is 17.8. The molecule has 0 unspecified atom stereocenters. The van der Waals surface area contributed by atoms with E-state index < -0.39 is 11.7 Å². The summed E-state index contributed by atoms with van der Waals surface area (Å²) in [5.74, 6) is -0.981. The number of Topliss-reactive ketones (excluding diaryl/α,β-unsaturated/α-hetero) is 1. The van der Waals surface area contributed by atoms with Crippen molar-refractivity contribution in [3.8, 4) is 5.69 Å². The first kappa shape index (κ1) is 16.4. The number of hydrogen-bond donors (Lipinski definition) is 0. The SMILES string of the molecule is Cc1nn(-c2ccccc2)c(C)c1C(=O)C(=O)N1CCOC[C@H]1C. The molecule has 2 heterocycles. The van der Waals surface area contributed by atoms with Crippen LogP contribution in [0.1, 0.15) is 28.7 Å². The lowest BCUT2D eigenvalue weighted by atomic mass is 10.1. The highest BCUT2D eigenvalue weighted by atomic mass is 16.5. The first-order valence-corrected chi connectivity index (χ1v) is 8.05. The van der Waals surface area contributed by atoms with Gasteiger partial charge in [0.1, 0.15) is 0 Å². The van der Waals surface area contributed by atoms with Crippen LogP contribution in [0.25, 0.3) is 5.69 Å². The molecule has 6 heteroatoms. The third-order valence-corrected chi connectivity index (χ3v) is 4.34. The number of amides is 1. The van der Waals surface area contributed by atoms with Gasteiger partial charge in [-0.05, 0) is 32.9 Å². The van der Waals surface area contributed by atoms with E-state index in [0.29, 0.717) is 36.7 Å². The van der Waals surface area contributed by atoms with Gasteiger partial charge in [0.15, 0.2) is 0 Å². The smallest absolute Gasteiger partial charge is 0.295 e. The van der Waals surface area contributed by atoms with Gasteiger partial charge in [-0.15, -0.1) is 0 Å². The van der Waals surface area contributed by atoms with Crippen molar-refractivity contribution < 1.29 is 14.3 Å². The molecule has 3 rings (SSSR count). The summed E-state index contributed by atoms with van der Waals surface area (Å²) in [5.41, 5.74) is 2.50. The number of rotatable bonds is 3. The minimum Gasteiger partial charge on any atom is -0.377 e. The summed E-state index contributed by atoms with van der Waals surface area (Å²) in [6.45, 7) is 6.82. The molecule has 126 valence electrons. The van der Waals surface area contributed by atoms with Crippen LogP contribution in [-0.2, 0) is 9.53 Å². The van der Waals surface area contributed by atoms with E-state index in [1.54, 1.807) is 16.5 Å². The van der Waals surface area contributed by atoms with Crippen molar-refractivity contribution in [3.05, 3.63) is 47.3 Å². The van der Waals surface area contributed by atoms with Crippen molar-refractivity contribution in [2.45, 2.75) is 26.8 Å². The Morgan fingerprint density at radius 3 is 2.58 bits per heavy atom. The van der Waals surface area contributed by atoms with Crippen molar-refractivity contribution in [1.29, 1.82) is 0 Å². The summed E-state index contributed by atoms with van der Waals surface area (Å²) < 4.78 is 7.04. The van der Waals surface area contributed by atoms with E-state index in [9.17, 15) is 9.59 Å². The van der Waals surface area contributed by atoms with E-state index in [0.717, 1.165) is 5.69 Å². The molecule has 1 saturated heterocycles. The molecule has 1 aromatic carbocycles. The average Bonchev–Trinajstić information content (AvgIpc) is 2.89. The zero-order valence-electron chi connectivity index (χ0n) is 14.2. The maximum Gasteiger partial charge on any atom is 0.295 e. The number of carbonyl (C=O) groups excluding carboxylic acids is 2. The Balaban J connectivity index is 1.93. The molecule has 0 saturated carbocycles. The lowest BCUT2D eigenvalue weighted by Crippen LogP contribution is -2.49. The van der Waals surface area contributed by atoms with Crippen LogP contribution >= 0.6 is 0 Å². The predicted molar refractivity (Wildman–Crippen MR) is 89.4 cm³/mol. The third kappa shape index (κ3) is 2.85. The Hall–Kier alpha value is -2.47. The molecule has 0 aliphatic carbocycles. The Labute approximate surface area is 141 Å². The van der Waals surface area contributed by atoms with Crippen molar-refractivity contribution in [1.82, 2.24) is 14.7 Å². The number of aryl methyl sites for hydroxylation is 1. The number of carbonyl (C=O) groups is 2. The highest BCUT2D eigenvalue weighted by Gasteiger charge is 2.32. The summed E-state index contributed by atoms with van der Waals surface area (Å²) in [4.78, 5) is 27.0. The standard InChI is InChI=1S/C18H21N3O3/c1-12-11-24-10-9-20(12)18(23)17(22)16-13(2)19-21(14(16)3)15-7-5-4-6-8-15/h4-8,12H,9-11H2,1-3H3/t12-/m1/s1. The van der Waals surface area contributed by atoms with E-state index in [-0.39, 0.29) is 6.04 Å². The molecule has 0 radical (unpaired) electrons. The van der Waals surface area contributed by atoms with E-state index in [2.05, 4.69) is 5.10 Å². The van der Waals surface area contributed by atoms with Gasteiger partial charge in [0.05, 0.1) is 41.9 Å². The van der Waals surface area contributed by atoms with Crippen LogP contribution in [0.15, 0.2) is 30.3 Å². The Morgan fingerprint density at radius 1 is 1.21 bits per heavy atom. The Kier molecular flexibility index (Phi) is 4.49. The van der Waals surface area contributed by atoms with Gasteiger partial charge >= 0.3 is 0 Å². The molecule has 1 aromatic heterocycles. The van der Waals surface area contributed by atoms with Gasteiger partial charge in [0, 0.05) is 6.54 Å². The van der Waals surface area contributed by atoms with E-state index in [4.69, 9.17) is 4.74 Å². The zero-order valence-corrected chi connectivity index (χ0v) is 14.2. The highest BCUT2D eigenvalue weighted by Crippen LogP contribution is 2.20. The minimum absolute atomic E-state index is 0.0972. The van der Waals surface area contributed by atoms with E-state index in [1.165, 1.54) is 0 Å². The van der Waals surface area contributed by atoms with Crippen LogP contribution < -0.4 is 0 Å². The van der Waals surface area contributed by atoms with Crippen molar-refractivity contribution >= 4 is 11.7 Å². The molecule has 0 bridgehead atoms. The Morgan fingerprint density at radius 2 is 1.92 bits per heavy atom. The first-order valence-electron chi connectivity index (χ1n) is 8.05. The largest absolute Gasteiger partial charge is 0.377 e. The van der Waals surface area contributed by atoms with E-state index in [1.807, 2.05) is 44.2 Å². The van der Waals surface area contributed by atoms with Crippen LogP contribution in [0, 0.1) is 13.8 Å². The molecule has 2 aromatic rings. The number of morpholine rings is 1. The second-order valence-electron chi connectivity index (χ2n) is 6.04. The molecule has 0 N–H and O–H groups in total. The van der Waals surface area contributed by atoms with Gasteiger partial charge in [-0.3, -0.25) is 9.59 Å². The lowest BCUT2D eigenvalue weighted by molar-refractivity contribution is -0.134. The van der Waals surface area contributed by atoms with Gasteiger partial charge in [0.2, 0.25) is 0 Å². The fourth-order valence-electron chi connectivity index (χ4n) is 3.06. The second-order valence-corrected chi connectivity index (χ2v) is 6.04. The van der Waals surface area contributed by atoms with Gasteiger partial charge in [0.25, 0.3) is 11.7 Å². The molecule has 1 aliphatic rings. The molecule has 1 amide bonds. The second kappa shape index (κ2) is 6.57. The Bertz CT molecular complexity index is 767. The van der Waals surface area contributed by atoms with Crippen molar-refractivity contribution in [2.75, 3.05) is 19.8 Å². The molecule has 1 fully saturated rings. The monoisotopic (exact) mass is 327 g/mol. The maximum atomic E-state index is 12.8. The highest BCUT2D eigenvalue weighted by molar-refractivity contribution is 6.43. The van der Waals surface area contributed by atoms with Crippen molar-refractivity contribution in [2.24, 2.45) is 0 Å². The van der Waals surface area contributed by atoms with Gasteiger partial charge in [-0.25, -0.2) is 4.68 Å². The molecule has 6 nitrogen and oxygen atoms in total. The number of nitrogens with zero attached hydrogens (tertiary/aromatic N) is 3. The fourth-order valence-corrected chi connectivity index (χ4v) is 3.06. The number of para-hydroxylation sites is 1. The van der Waals surface area contributed by atoms with Crippen LogP contribution in [0.4, 0.5) is 0 Å². The van der Waals surface area contributed by atoms with Gasteiger partial charge < -0.3 is 9.64 Å². The molecule has 1 aliphatic heterocycles. The van der Waals surface area contributed by atoms with Crippen LogP contribution in [0.5, 0.6) is 0 Å². The van der Waals surface area contributed by atoms with E-state index >= 15 is 0 Å². The topological polar surface area (TPSA) is 64.4 Å². The van der Waals surface area contributed by atoms with Crippen LogP contribution in [-0.4, -0.2) is 52.2 Å². The number of ether oxygens (including phenoxy) is 1. The molecule has 1 atom stereocenters. The predicted octanol–water partition coefficient (Wildman–Crippen LogP) is 1.92. The number of benzene rings is 1. The zero-order chi connectivity index (χ0) is 17.3. The quantitative estimate of drug-likeness (QED) is 0.638. The van der Waals surface area contributed by atoms with Crippen LogP contribution in [0.2, 0.25) is 0 Å². The number of hydrogen-bond acceptors (Lipinski definition) is 4. The minimum atomic E-state index is -0.499. The van der Waals surface area contributed by atoms with Crippen molar-refractivity contribution in [3.63, 3.8) is 0 Å². The molecular weight excluding hydrogens is 306 g/mol. The maximum absolute atomic E-state index is 12.8. The summed E-state index contributed by atoms with van der Waals surface area (Å²) >= 11 is 0. The summed E-state index contributed by atoms with van der Waals surface area (Å²) in [5, 5.41) is 4.45. The van der Waals surface area contributed by atoms with Gasteiger partial charge in [-0.1, -0.05) is 18.2 Å². The van der Waals surface area contributed by atoms with Crippen LogP contribution in [0.3, 0.4) is 0 Å².